The monoisotopic (exact) mass is 362 g/mol. The summed E-state index contributed by atoms with van der Waals surface area (Å²) in [7, 11) is 0. The minimum absolute atomic E-state index is 0.0955. The average molecular weight is 362 g/mol. The van der Waals surface area contributed by atoms with Crippen molar-refractivity contribution in [2.45, 2.75) is 26.8 Å². The first kappa shape index (κ1) is 18.4. The van der Waals surface area contributed by atoms with Gasteiger partial charge in [-0.15, -0.1) is 0 Å². The number of aromatic nitrogens is 2. The molecule has 1 aromatic heterocycles. The van der Waals surface area contributed by atoms with Gasteiger partial charge in [-0.05, 0) is 55.3 Å². The number of hydrogen-bond donors (Lipinski definition) is 2. The predicted molar refractivity (Wildman–Crippen MR) is 106 cm³/mol. The van der Waals surface area contributed by atoms with Crippen LogP contribution in [0.25, 0.3) is 0 Å². The third-order valence-corrected chi connectivity index (χ3v) is 4.02. The molecule has 0 spiro atoms. The summed E-state index contributed by atoms with van der Waals surface area (Å²) in [5.41, 5.74) is 3.98. The molecule has 3 rings (SSSR count). The zero-order chi connectivity index (χ0) is 19.2. The molecular formula is C21H22N4O2. The van der Waals surface area contributed by atoms with Gasteiger partial charge in [0.1, 0.15) is 0 Å². The first-order valence-corrected chi connectivity index (χ1v) is 8.77. The van der Waals surface area contributed by atoms with Crippen molar-refractivity contribution < 1.29 is 9.59 Å². The second kappa shape index (κ2) is 8.31. The highest BCUT2D eigenvalue weighted by atomic mass is 16.2. The van der Waals surface area contributed by atoms with E-state index in [0.717, 1.165) is 22.5 Å². The third-order valence-electron chi connectivity index (χ3n) is 4.02. The minimum atomic E-state index is -0.274. The van der Waals surface area contributed by atoms with Gasteiger partial charge in [0.2, 0.25) is 5.91 Å². The molecule has 0 aliphatic heterocycles. The molecule has 3 aromatic rings. The van der Waals surface area contributed by atoms with Crippen LogP contribution in [0.1, 0.15) is 28.0 Å². The quantitative estimate of drug-likeness (QED) is 0.701. The Hall–Kier alpha value is -3.41. The highest BCUT2D eigenvalue weighted by Crippen LogP contribution is 2.12. The molecule has 138 valence electrons. The van der Waals surface area contributed by atoms with Crippen molar-refractivity contribution in [3.05, 3.63) is 77.6 Å². The van der Waals surface area contributed by atoms with Crippen LogP contribution in [-0.4, -0.2) is 21.6 Å². The summed E-state index contributed by atoms with van der Waals surface area (Å²) < 4.78 is 1.60. The van der Waals surface area contributed by atoms with Crippen molar-refractivity contribution in [2.75, 3.05) is 10.6 Å². The molecule has 0 bridgehead atoms. The summed E-state index contributed by atoms with van der Waals surface area (Å²) in [6, 6.07) is 16.9. The Bertz CT molecular complexity index is 962. The van der Waals surface area contributed by atoms with Gasteiger partial charge in [0.15, 0.2) is 5.69 Å². The summed E-state index contributed by atoms with van der Waals surface area (Å²) in [6.45, 7) is 4.34. The molecule has 0 aliphatic rings. The van der Waals surface area contributed by atoms with Crippen LogP contribution in [0.2, 0.25) is 0 Å². The summed E-state index contributed by atoms with van der Waals surface area (Å²) in [6.07, 6.45) is 1.97. The lowest BCUT2D eigenvalue weighted by Crippen LogP contribution is -2.16. The van der Waals surface area contributed by atoms with Crippen LogP contribution >= 0.6 is 0 Å². The van der Waals surface area contributed by atoms with Gasteiger partial charge >= 0.3 is 0 Å². The maximum atomic E-state index is 12.3. The highest BCUT2D eigenvalue weighted by molar-refractivity contribution is 6.02. The summed E-state index contributed by atoms with van der Waals surface area (Å²) in [4.78, 5) is 24.4. The second-order valence-corrected chi connectivity index (χ2v) is 6.46. The Morgan fingerprint density at radius 2 is 1.56 bits per heavy atom. The lowest BCUT2D eigenvalue weighted by Gasteiger charge is -2.06. The van der Waals surface area contributed by atoms with E-state index in [0.29, 0.717) is 12.2 Å². The zero-order valence-corrected chi connectivity index (χ0v) is 15.4. The summed E-state index contributed by atoms with van der Waals surface area (Å²) in [5, 5.41) is 9.93. The van der Waals surface area contributed by atoms with E-state index in [1.54, 1.807) is 16.9 Å². The fraction of sp³-hybridized carbons (Fsp3) is 0.190. The molecule has 0 saturated heterocycles. The molecule has 0 fully saturated rings. The van der Waals surface area contributed by atoms with E-state index < -0.39 is 0 Å². The van der Waals surface area contributed by atoms with E-state index in [9.17, 15) is 9.59 Å². The maximum Gasteiger partial charge on any atom is 0.276 e. The van der Waals surface area contributed by atoms with E-state index >= 15 is 0 Å². The number of carbonyl (C=O) groups excluding carboxylic acids is 2. The van der Waals surface area contributed by atoms with Gasteiger partial charge in [-0.2, -0.15) is 5.10 Å². The normalized spacial score (nSPS) is 10.4. The van der Waals surface area contributed by atoms with Gasteiger partial charge in [-0.3, -0.25) is 14.3 Å². The predicted octanol–water partition coefficient (Wildman–Crippen LogP) is 3.78. The van der Waals surface area contributed by atoms with Crippen LogP contribution in [0.4, 0.5) is 11.4 Å². The number of hydrogen-bond acceptors (Lipinski definition) is 3. The Morgan fingerprint density at radius 3 is 2.19 bits per heavy atom. The van der Waals surface area contributed by atoms with E-state index in [4.69, 9.17) is 0 Å². The topological polar surface area (TPSA) is 76.0 Å². The van der Waals surface area contributed by atoms with Crippen molar-refractivity contribution in [3.63, 3.8) is 0 Å². The van der Waals surface area contributed by atoms with Gasteiger partial charge in [0, 0.05) is 30.5 Å². The molecular weight excluding hydrogens is 340 g/mol. The van der Waals surface area contributed by atoms with Crippen LogP contribution < -0.4 is 10.6 Å². The number of anilines is 2. The molecule has 2 amide bonds. The van der Waals surface area contributed by atoms with Crippen molar-refractivity contribution in [2.24, 2.45) is 0 Å². The van der Waals surface area contributed by atoms with Gasteiger partial charge < -0.3 is 10.6 Å². The van der Waals surface area contributed by atoms with Crippen LogP contribution in [0, 0.1) is 13.8 Å². The van der Waals surface area contributed by atoms with E-state index in [1.807, 2.05) is 62.4 Å². The summed E-state index contributed by atoms with van der Waals surface area (Å²) >= 11 is 0. The van der Waals surface area contributed by atoms with Crippen LogP contribution in [-0.2, 0) is 11.3 Å². The number of rotatable bonds is 6. The van der Waals surface area contributed by atoms with Crippen LogP contribution in [0.3, 0.4) is 0 Å². The molecule has 6 nitrogen and oxygen atoms in total. The molecule has 2 N–H and O–H groups in total. The smallest absolute Gasteiger partial charge is 0.276 e. The molecule has 2 aromatic carbocycles. The molecule has 1 heterocycles. The van der Waals surface area contributed by atoms with Gasteiger partial charge in [-0.25, -0.2) is 0 Å². The SMILES string of the molecule is Cc1cccc(NC(=O)CCn2ccc(C(=O)Nc3cccc(C)c3)n2)c1. The first-order chi connectivity index (χ1) is 13.0. The Kier molecular flexibility index (Phi) is 5.66. The number of benzene rings is 2. The van der Waals surface area contributed by atoms with E-state index in [-0.39, 0.29) is 18.2 Å². The number of nitrogens with one attached hydrogen (secondary N) is 2. The largest absolute Gasteiger partial charge is 0.326 e. The summed E-state index contributed by atoms with van der Waals surface area (Å²) in [5.74, 6) is -0.370. The third kappa shape index (κ3) is 5.28. The van der Waals surface area contributed by atoms with E-state index in [1.165, 1.54) is 0 Å². The molecule has 0 atom stereocenters. The number of amides is 2. The Balaban J connectivity index is 1.53. The average Bonchev–Trinajstić information content (AvgIpc) is 3.09. The molecule has 27 heavy (non-hydrogen) atoms. The molecule has 0 radical (unpaired) electrons. The van der Waals surface area contributed by atoms with Crippen LogP contribution in [0.15, 0.2) is 60.8 Å². The van der Waals surface area contributed by atoms with Crippen molar-refractivity contribution >= 4 is 23.2 Å². The van der Waals surface area contributed by atoms with E-state index in [2.05, 4.69) is 15.7 Å². The molecule has 0 saturated carbocycles. The lowest BCUT2D eigenvalue weighted by atomic mass is 10.2. The van der Waals surface area contributed by atoms with Crippen molar-refractivity contribution in [3.8, 4) is 0 Å². The first-order valence-electron chi connectivity index (χ1n) is 8.77. The van der Waals surface area contributed by atoms with Gasteiger partial charge in [-0.1, -0.05) is 24.3 Å². The highest BCUT2D eigenvalue weighted by Gasteiger charge is 2.11. The lowest BCUT2D eigenvalue weighted by molar-refractivity contribution is -0.116. The molecule has 0 unspecified atom stereocenters. The molecule has 6 heteroatoms. The zero-order valence-electron chi connectivity index (χ0n) is 15.4. The number of aryl methyl sites for hydroxylation is 3. The fourth-order valence-corrected chi connectivity index (χ4v) is 2.69. The fourth-order valence-electron chi connectivity index (χ4n) is 2.69. The second-order valence-electron chi connectivity index (χ2n) is 6.46. The Morgan fingerprint density at radius 1 is 0.926 bits per heavy atom. The standard InChI is InChI=1S/C21H22N4O2/c1-15-5-3-7-17(13-15)22-20(26)10-12-25-11-9-19(24-25)21(27)23-18-8-4-6-16(2)14-18/h3-9,11,13-14H,10,12H2,1-2H3,(H,22,26)(H,23,27). The molecule has 0 aliphatic carbocycles. The van der Waals surface area contributed by atoms with Gasteiger partial charge in [0.25, 0.3) is 5.91 Å². The van der Waals surface area contributed by atoms with Gasteiger partial charge in [0.05, 0.1) is 0 Å². The van der Waals surface area contributed by atoms with Crippen molar-refractivity contribution in [1.82, 2.24) is 9.78 Å². The van der Waals surface area contributed by atoms with Crippen molar-refractivity contribution in [1.29, 1.82) is 0 Å². The maximum absolute atomic E-state index is 12.3. The Labute approximate surface area is 158 Å². The van der Waals surface area contributed by atoms with Crippen LogP contribution in [0.5, 0.6) is 0 Å². The number of nitrogens with zero attached hydrogens (tertiary/aromatic N) is 2. The minimum Gasteiger partial charge on any atom is -0.326 e. The number of carbonyl (C=O) groups is 2.